The van der Waals surface area contributed by atoms with Crippen molar-refractivity contribution >= 4 is 82.4 Å². The molecule has 0 aliphatic heterocycles. The topological polar surface area (TPSA) is 80.5 Å². The Morgan fingerprint density at radius 1 is 0.731 bits per heavy atom. The molecule has 0 amide bonds. The van der Waals surface area contributed by atoms with Crippen molar-refractivity contribution in [2.75, 3.05) is 0 Å². The summed E-state index contributed by atoms with van der Waals surface area (Å²) in [7, 11) is 0. The Balaban J connectivity index is 0.000000248. The van der Waals surface area contributed by atoms with Gasteiger partial charge in [0.15, 0.2) is 0 Å². The molecule has 5 heterocycles. The number of thiophene rings is 1. The number of pyridine rings is 2. The summed E-state index contributed by atoms with van der Waals surface area (Å²) in [6.45, 7) is 9.03. The summed E-state index contributed by atoms with van der Waals surface area (Å²) in [4.78, 5) is 14.3. The van der Waals surface area contributed by atoms with Crippen molar-refractivity contribution in [2.45, 2.75) is 56.8 Å². The monoisotopic (exact) mass is 1130 g/mol. The summed E-state index contributed by atoms with van der Waals surface area (Å²) in [5.74, 6) is 8.03. The fourth-order valence-electron chi connectivity index (χ4n) is 8.70. The number of imidazole rings is 1. The molecule has 0 fully saturated rings. The molecular weight excluding hydrogens is 1090 g/mol. The first-order valence-corrected chi connectivity index (χ1v) is 30.4. The van der Waals surface area contributed by atoms with Crippen molar-refractivity contribution in [2.24, 2.45) is 0 Å². The van der Waals surface area contributed by atoms with Gasteiger partial charge in [-0.3, -0.25) is 4.98 Å². The smallest absolute Gasteiger partial charge is 0 e. The maximum atomic E-state index is 13.2. The molecule has 0 aliphatic carbocycles. The maximum Gasteiger partial charge on any atom is 0 e. The zero-order valence-corrected chi connectivity index (χ0v) is 43.5. The number of nitriles is 1. The standard InChI is InChI=1S/C43H33N4O.C14H13FGeNS.Ir/c1-26(2)36-23-31(30-19-17-29(18-20-30)28-11-6-5-7-12-28)24-37(27(3)4)40(36)47-39-16-9-8-15-38(39)46-42(47)35-14-10-13-33-34-22-21-32(25-44)45-43(34)48-41(33)35;1-16(2,3)10-7-13-14(17-8-10)11-5-4-9(15)6-12(11)18-13;/h5-13,15-24,26-27H,1-4H3;4,6-8H,1-3H3;/q2*-1;. The minimum absolute atomic E-state index is 0. The summed E-state index contributed by atoms with van der Waals surface area (Å²) in [6, 6.07) is 53.7. The predicted octanol–water partition coefficient (Wildman–Crippen LogP) is 15.2. The van der Waals surface area contributed by atoms with Crippen molar-refractivity contribution in [3.8, 4) is 45.4 Å². The van der Waals surface area contributed by atoms with Crippen LogP contribution in [0.5, 0.6) is 0 Å². The van der Waals surface area contributed by atoms with Crippen LogP contribution in [0.15, 0.2) is 144 Å². The zero-order chi connectivity index (χ0) is 45.9. The average molecular weight is 1130 g/mol. The third-order valence-corrected chi connectivity index (χ3v) is 17.5. The van der Waals surface area contributed by atoms with Gasteiger partial charge in [-0.2, -0.15) is 5.26 Å². The molecule has 0 atom stereocenters. The van der Waals surface area contributed by atoms with Gasteiger partial charge < -0.3 is 8.98 Å². The molecule has 5 aromatic heterocycles. The predicted molar refractivity (Wildman–Crippen MR) is 273 cm³/mol. The second kappa shape index (κ2) is 18.4. The minimum Gasteiger partial charge on any atom is 0 e. The molecule has 0 spiro atoms. The van der Waals surface area contributed by atoms with Crippen LogP contribution in [0, 0.1) is 29.3 Å². The van der Waals surface area contributed by atoms with E-state index in [9.17, 15) is 9.65 Å². The fraction of sp³-hybridized carbons (Fsp3) is 0.158. The van der Waals surface area contributed by atoms with E-state index in [1.165, 1.54) is 43.8 Å². The van der Waals surface area contributed by atoms with Gasteiger partial charge in [0.1, 0.15) is 11.8 Å². The van der Waals surface area contributed by atoms with E-state index in [0.29, 0.717) is 17.0 Å². The molecule has 333 valence electrons. The largest absolute Gasteiger partial charge is 0 e. The number of para-hydroxylation sites is 2. The summed E-state index contributed by atoms with van der Waals surface area (Å²) in [5, 5.41) is 12.2. The number of furan rings is 1. The minimum atomic E-state index is -1.85. The van der Waals surface area contributed by atoms with E-state index in [1.807, 2.05) is 36.5 Å². The third-order valence-electron chi connectivity index (χ3n) is 12.2. The van der Waals surface area contributed by atoms with Crippen molar-refractivity contribution in [3.05, 3.63) is 174 Å². The first-order chi connectivity index (χ1) is 31.9. The Hall–Kier alpha value is -6.28. The molecule has 0 saturated carbocycles. The molecule has 1 radical (unpaired) electrons. The van der Waals surface area contributed by atoms with Gasteiger partial charge in [0.25, 0.3) is 0 Å². The quantitative estimate of drug-likeness (QED) is 0.117. The van der Waals surface area contributed by atoms with Crippen molar-refractivity contribution in [1.29, 1.82) is 5.26 Å². The Bertz CT molecular complexity index is 3650. The van der Waals surface area contributed by atoms with Crippen LogP contribution in [-0.4, -0.2) is 32.8 Å². The van der Waals surface area contributed by atoms with Gasteiger partial charge >= 0.3 is 112 Å². The molecule has 0 N–H and O–H groups in total. The maximum absolute atomic E-state index is 13.2. The van der Waals surface area contributed by atoms with Crippen molar-refractivity contribution in [3.63, 3.8) is 0 Å². The average Bonchev–Trinajstić information content (AvgIpc) is 4.01. The molecule has 10 heteroatoms. The van der Waals surface area contributed by atoms with E-state index in [2.05, 4.69) is 163 Å². The Kier molecular flexibility index (Phi) is 12.6. The van der Waals surface area contributed by atoms with Gasteiger partial charge in [-0.15, -0.1) is 18.2 Å². The molecule has 67 heavy (non-hydrogen) atoms. The van der Waals surface area contributed by atoms with E-state index in [1.54, 1.807) is 23.5 Å². The molecule has 0 unspecified atom stereocenters. The van der Waals surface area contributed by atoms with Gasteiger partial charge in [0.2, 0.25) is 5.71 Å². The number of halogens is 1. The summed E-state index contributed by atoms with van der Waals surface area (Å²) < 4.78 is 25.3. The number of nitrogens with zero attached hydrogens (tertiary/aromatic N) is 5. The second-order valence-electron chi connectivity index (χ2n) is 18.4. The Morgan fingerprint density at radius 2 is 1.40 bits per heavy atom. The van der Waals surface area contributed by atoms with Gasteiger partial charge in [-0.1, -0.05) is 105 Å². The van der Waals surface area contributed by atoms with E-state index >= 15 is 0 Å². The second-order valence-corrected chi connectivity index (χ2v) is 30.1. The van der Waals surface area contributed by atoms with Crippen molar-refractivity contribution < 1.29 is 28.9 Å². The van der Waals surface area contributed by atoms with Crippen LogP contribution < -0.4 is 4.40 Å². The zero-order valence-electron chi connectivity index (χ0n) is 38.2. The van der Waals surface area contributed by atoms with Gasteiger partial charge in [-0.25, -0.2) is 4.98 Å². The van der Waals surface area contributed by atoms with Gasteiger partial charge in [0.05, 0.1) is 22.4 Å². The number of hydrogen-bond donors (Lipinski definition) is 0. The van der Waals surface area contributed by atoms with E-state index in [-0.39, 0.29) is 37.8 Å². The molecule has 11 aromatic rings. The van der Waals surface area contributed by atoms with Crippen LogP contribution in [0.3, 0.4) is 0 Å². The van der Waals surface area contributed by atoms with Gasteiger partial charge in [-0.05, 0) is 81.6 Å². The van der Waals surface area contributed by atoms with Crippen molar-refractivity contribution in [1.82, 2.24) is 19.5 Å². The molecule has 0 aliphatic rings. The third kappa shape index (κ3) is 8.64. The summed E-state index contributed by atoms with van der Waals surface area (Å²) in [5.41, 5.74) is 13.4. The number of benzene rings is 6. The summed E-state index contributed by atoms with van der Waals surface area (Å²) in [6.07, 6.45) is 1.99. The number of fused-ring (bicyclic) bond motifs is 7. The van der Waals surface area contributed by atoms with Crippen LogP contribution in [-0.2, 0) is 20.1 Å². The Morgan fingerprint density at radius 3 is 2.09 bits per heavy atom. The van der Waals surface area contributed by atoms with Crippen LogP contribution in [0.2, 0.25) is 17.3 Å². The fourth-order valence-corrected chi connectivity index (χ4v) is 12.2. The molecule has 6 nitrogen and oxygen atoms in total. The van der Waals surface area contributed by atoms with E-state index in [4.69, 9.17) is 9.40 Å². The number of aromatic nitrogens is 4. The first-order valence-electron chi connectivity index (χ1n) is 22.2. The first kappa shape index (κ1) is 45.9. The molecule has 11 rings (SSSR count). The van der Waals surface area contributed by atoms with Crippen LogP contribution >= 0.6 is 11.3 Å². The van der Waals surface area contributed by atoms with E-state index in [0.717, 1.165) is 59.2 Å². The molecule has 6 aromatic carbocycles. The Labute approximate surface area is 409 Å². The normalized spacial score (nSPS) is 11.7. The van der Waals surface area contributed by atoms with E-state index < -0.39 is 13.3 Å². The number of hydrogen-bond acceptors (Lipinski definition) is 6. The van der Waals surface area contributed by atoms with Crippen LogP contribution in [0.4, 0.5) is 4.39 Å². The van der Waals surface area contributed by atoms with Gasteiger partial charge in [0, 0.05) is 31.2 Å². The summed E-state index contributed by atoms with van der Waals surface area (Å²) >= 11 is -0.247. The SMILES string of the molecule is CC(C)c1cc(-c2ccc(-c3ccccc3)cc2)cc(C(C)C)c1-n1c(-c2[c-]ccc3c2oc2nc(C#N)ccc23)nc2ccccc21.[CH3][Ge]([CH3])([CH3])[c]1cnc2c(c1)sc1cc(F)c[c-]c12.[Ir]. The molecule has 0 saturated heterocycles. The van der Waals surface area contributed by atoms with Crippen LogP contribution in [0.1, 0.15) is 56.4 Å². The van der Waals surface area contributed by atoms with Crippen LogP contribution in [0.25, 0.3) is 92.7 Å². The number of rotatable bonds is 7. The molecular formula is C57H46FGeIrN5OS-2. The molecule has 0 bridgehead atoms.